The number of benzene rings is 3. The van der Waals surface area contributed by atoms with Crippen molar-refractivity contribution in [1.82, 2.24) is 9.13 Å². The highest BCUT2D eigenvalue weighted by Crippen LogP contribution is 2.54. The molecule has 0 saturated carbocycles. The predicted molar refractivity (Wildman–Crippen MR) is 205 cm³/mol. The maximum Gasteiger partial charge on any atom is 0.244 e. The molecule has 5 aromatic rings. The number of hydrogen-bond acceptors (Lipinski definition) is 2. The van der Waals surface area contributed by atoms with Crippen LogP contribution in [0.1, 0.15) is 124 Å². The van der Waals surface area contributed by atoms with Gasteiger partial charge in [0, 0.05) is 16.5 Å². The van der Waals surface area contributed by atoms with Crippen molar-refractivity contribution in [3.8, 4) is 22.6 Å². The van der Waals surface area contributed by atoms with Crippen molar-refractivity contribution in [1.29, 1.82) is 0 Å². The minimum Gasteiger partial charge on any atom is -1.00 e. The monoisotopic (exact) mass is 844 g/mol. The molecule has 0 radical (unpaired) electrons. The number of fused-ring (bicyclic) bond motifs is 3. The molecule has 53 heavy (non-hydrogen) atoms. The van der Waals surface area contributed by atoms with Crippen molar-refractivity contribution < 1.29 is 52.6 Å². The molecule has 0 atom stereocenters. The molecule has 10 bridgehead atoms. The Morgan fingerprint density at radius 3 is 1.43 bits per heavy atom. The number of ether oxygens (including phenoxy) is 2. The summed E-state index contributed by atoms with van der Waals surface area (Å²) in [6, 6.07) is 19.1. The molecule has 4 heterocycles. The average molecular weight is 847 g/mol. The maximum atomic E-state index is 5.93. The Labute approximate surface area is 338 Å². The fraction of sp³-hybridized carbons (Fsp3) is 0.467. The number of imidazole rings is 2. The van der Waals surface area contributed by atoms with E-state index in [1.165, 1.54) is 99.3 Å². The molecular weight excluding hydrogens is 788 g/mol. The standard InChI is InChI=1S/C45H58N4O2.2BrH/c1-5-7-9-11-13-19-45(20-14-12-10-8-6-2)41-25-35-15-17-39(41)40-18-16-36(26-42(40)45)30-47-22-24-49(34-47)32-38-27-43(50-3)37(28-44(38)51-4)31-48-23-21-46(29-35)33-48;;/h15-18,21-28,33-34H,5-14,19-20,29-32H2,1-4H3;2*1H/q+2;;/p-2. The Morgan fingerprint density at radius 1 is 0.585 bits per heavy atom. The third-order valence-corrected chi connectivity index (χ3v) is 11.5. The predicted octanol–water partition coefficient (Wildman–Crippen LogP) is 3.38. The highest BCUT2D eigenvalue weighted by Gasteiger charge is 2.42. The van der Waals surface area contributed by atoms with Crippen LogP contribution in [0.15, 0.2) is 86.0 Å². The largest absolute Gasteiger partial charge is 1.00 e. The van der Waals surface area contributed by atoms with E-state index in [0.29, 0.717) is 13.1 Å². The maximum absolute atomic E-state index is 5.93. The van der Waals surface area contributed by atoms with Crippen LogP contribution >= 0.6 is 0 Å². The fourth-order valence-corrected chi connectivity index (χ4v) is 8.85. The van der Waals surface area contributed by atoms with Crippen molar-refractivity contribution in [2.24, 2.45) is 0 Å². The number of aromatic nitrogens is 4. The van der Waals surface area contributed by atoms with Gasteiger partial charge in [-0.15, -0.1) is 0 Å². The summed E-state index contributed by atoms with van der Waals surface area (Å²) < 4.78 is 21.0. The van der Waals surface area contributed by atoms with Crippen LogP contribution in [0.3, 0.4) is 0 Å². The SMILES string of the molecule is CCCCCCCC1(CCCCCCC)c2cc3ccc2-c2ccc(cc21)C[n+]1ccn(c1)Cc1cc(OC)c(cc1OC)Cn1cc[n+](c1)C3.[Br-].[Br-]. The van der Waals surface area contributed by atoms with Gasteiger partial charge in [-0.05, 0) is 58.4 Å². The van der Waals surface area contributed by atoms with Gasteiger partial charge in [-0.3, -0.25) is 0 Å². The van der Waals surface area contributed by atoms with Crippen molar-refractivity contribution in [2.75, 3.05) is 14.2 Å². The molecule has 8 heteroatoms. The van der Waals surface area contributed by atoms with Gasteiger partial charge in [0.15, 0.2) is 0 Å². The normalized spacial score (nSPS) is 13.7. The van der Waals surface area contributed by atoms with Gasteiger partial charge in [0.1, 0.15) is 62.5 Å². The third-order valence-electron chi connectivity index (χ3n) is 11.5. The zero-order valence-corrected chi connectivity index (χ0v) is 35.4. The number of hydrogen-bond donors (Lipinski definition) is 0. The van der Waals surface area contributed by atoms with E-state index in [1.54, 1.807) is 25.3 Å². The molecule has 0 fully saturated rings. The van der Waals surface area contributed by atoms with Crippen LogP contribution in [0.2, 0.25) is 0 Å². The Hall–Kier alpha value is -3.36. The second-order valence-corrected chi connectivity index (χ2v) is 15.2. The van der Waals surface area contributed by atoms with Gasteiger partial charge in [0.2, 0.25) is 12.7 Å². The molecule has 0 amide bonds. The highest BCUT2D eigenvalue weighted by atomic mass is 79.9. The fourth-order valence-electron chi connectivity index (χ4n) is 8.85. The van der Waals surface area contributed by atoms with Crippen LogP contribution in [0.4, 0.5) is 0 Å². The van der Waals surface area contributed by atoms with E-state index in [-0.39, 0.29) is 39.4 Å². The molecule has 2 aromatic heterocycles. The molecule has 3 aromatic carbocycles. The van der Waals surface area contributed by atoms with Gasteiger partial charge in [-0.25, -0.2) is 18.3 Å². The van der Waals surface area contributed by atoms with Crippen LogP contribution in [0, 0.1) is 0 Å². The summed E-state index contributed by atoms with van der Waals surface area (Å²) in [4.78, 5) is 0. The quantitative estimate of drug-likeness (QED) is 0.125. The summed E-state index contributed by atoms with van der Waals surface area (Å²) in [5.74, 6) is 1.76. The van der Waals surface area contributed by atoms with E-state index in [0.717, 1.165) is 35.7 Å². The number of methoxy groups -OCH3 is 2. The van der Waals surface area contributed by atoms with Crippen LogP contribution in [0.25, 0.3) is 11.1 Å². The third kappa shape index (κ3) is 8.96. The summed E-state index contributed by atoms with van der Waals surface area (Å²) in [6.45, 7) is 7.74. The first-order chi connectivity index (χ1) is 25.0. The minimum absolute atomic E-state index is 0. The summed E-state index contributed by atoms with van der Waals surface area (Å²) in [7, 11) is 3.52. The van der Waals surface area contributed by atoms with Crippen molar-refractivity contribution in [2.45, 2.75) is 122 Å². The molecule has 0 unspecified atom stereocenters. The van der Waals surface area contributed by atoms with E-state index < -0.39 is 0 Å². The Morgan fingerprint density at radius 2 is 1.02 bits per heavy atom. The van der Waals surface area contributed by atoms with Gasteiger partial charge in [0.25, 0.3) is 0 Å². The van der Waals surface area contributed by atoms with Gasteiger partial charge in [0.05, 0.1) is 14.2 Å². The molecule has 2 aliphatic heterocycles. The van der Waals surface area contributed by atoms with Gasteiger partial charge >= 0.3 is 0 Å². The van der Waals surface area contributed by atoms with E-state index in [2.05, 4.69) is 118 Å². The highest BCUT2D eigenvalue weighted by molar-refractivity contribution is 5.81. The molecule has 0 N–H and O–H groups in total. The lowest BCUT2D eigenvalue weighted by Crippen LogP contribution is -3.00. The smallest absolute Gasteiger partial charge is 0.244 e. The summed E-state index contributed by atoms with van der Waals surface area (Å²) in [5.41, 5.74) is 11.0. The number of unbranched alkanes of at least 4 members (excludes halogenated alkanes) is 8. The first-order valence-electron chi connectivity index (χ1n) is 19.6. The van der Waals surface area contributed by atoms with Crippen LogP contribution < -0.4 is 52.6 Å². The van der Waals surface area contributed by atoms with Crippen LogP contribution in [-0.4, -0.2) is 23.4 Å². The Kier molecular flexibility index (Phi) is 14.5. The van der Waals surface area contributed by atoms with E-state index in [4.69, 9.17) is 9.47 Å². The lowest BCUT2D eigenvalue weighted by molar-refractivity contribution is -0.688. The molecular formula is C45H58Br2N4O2. The minimum atomic E-state index is 0. The van der Waals surface area contributed by atoms with E-state index in [1.807, 2.05) is 0 Å². The lowest BCUT2D eigenvalue weighted by atomic mass is 9.70. The molecule has 0 spiro atoms. The van der Waals surface area contributed by atoms with Gasteiger partial charge in [-0.1, -0.05) is 114 Å². The number of halogens is 2. The zero-order chi connectivity index (χ0) is 35.2. The van der Waals surface area contributed by atoms with Gasteiger partial charge in [-0.2, -0.15) is 0 Å². The second kappa shape index (κ2) is 18.8. The molecule has 6 nitrogen and oxygen atoms in total. The first kappa shape index (κ1) is 40.8. The molecule has 8 rings (SSSR count). The molecule has 284 valence electrons. The summed E-state index contributed by atoms with van der Waals surface area (Å²) in [6.07, 6.45) is 28.8. The number of nitrogens with zero attached hydrogens (tertiary/aromatic N) is 4. The van der Waals surface area contributed by atoms with Crippen molar-refractivity contribution >= 4 is 0 Å². The Balaban J connectivity index is 0.00000271. The van der Waals surface area contributed by atoms with Gasteiger partial charge < -0.3 is 43.4 Å². The van der Waals surface area contributed by atoms with Crippen molar-refractivity contribution in [3.63, 3.8) is 0 Å². The number of rotatable bonds is 14. The summed E-state index contributed by atoms with van der Waals surface area (Å²) >= 11 is 0. The average Bonchev–Trinajstić information content (AvgIpc) is 3.85. The lowest BCUT2D eigenvalue weighted by Gasteiger charge is -2.33. The molecule has 1 aliphatic carbocycles. The molecule has 0 saturated heterocycles. The van der Waals surface area contributed by atoms with Crippen LogP contribution in [-0.2, 0) is 31.6 Å². The van der Waals surface area contributed by atoms with Crippen molar-refractivity contribution in [3.05, 3.63) is 119 Å². The summed E-state index contributed by atoms with van der Waals surface area (Å²) in [5, 5.41) is 0. The van der Waals surface area contributed by atoms with Crippen LogP contribution in [0.5, 0.6) is 11.5 Å². The molecule has 3 aliphatic rings. The first-order valence-corrected chi connectivity index (χ1v) is 19.6. The second-order valence-electron chi connectivity index (χ2n) is 15.2. The van der Waals surface area contributed by atoms with E-state index >= 15 is 0 Å². The zero-order valence-electron chi connectivity index (χ0n) is 32.3. The van der Waals surface area contributed by atoms with E-state index in [9.17, 15) is 0 Å². The Bertz CT molecular complexity index is 1810. The topological polar surface area (TPSA) is 36.1 Å².